The Labute approximate surface area is 110 Å². The molecule has 0 aliphatic heterocycles. The van der Waals surface area contributed by atoms with Gasteiger partial charge in [0, 0.05) is 18.3 Å². The highest BCUT2D eigenvalue weighted by atomic mass is 16.5. The van der Waals surface area contributed by atoms with Gasteiger partial charge in [0.2, 0.25) is 5.88 Å². The number of carbonyl (C=O) groups excluding carboxylic acids is 1. The van der Waals surface area contributed by atoms with Gasteiger partial charge >= 0.3 is 0 Å². The molecule has 0 saturated heterocycles. The number of carbonyl (C=O) groups is 1. The molecule has 3 rings (SSSR count). The Bertz CT molecular complexity index is 600. The monoisotopic (exact) mass is 260 g/mol. The minimum Gasteiger partial charge on any atom is -0.338 e. The van der Waals surface area contributed by atoms with Crippen molar-refractivity contribution in [2.75, 3.05) is 5.32 Å². The first-order chi connectivity index (χ1) is 9.28. The van der Waals surface area contributed by atoms with Crippen molar-refractivity contribution in [1.82, 2.24) is 14.9 Å². The quantitative estimate of drug-likeness (QED) is 0.916. The van der Waals surface area contributed by atoms with E-state index in [1.165, 1.54) is 0 Å². The van der Waals surface area contributed by atoms with Gasteiger partial charge in [-0.3, -0.25) is 14.8 Å². The first kappa shape index (κ1) is 12.0. The molecule has 0 bridgehead atoms. The molecule has 1 amide bonds. The molecular formula is C13H16N4O2. The van der Waals surface area contributed by atoms with Gasteiger partial charge in [-0.15, -0.1) is 0 Å². The van der Waals surface area contributed by atoms with Crippen LogP contribution in [0.15, 0.2) is 16.8 Å². The average molecular weight is 260 g/mol. The van der Waals surface area contributed by atoms with Crippen LogP contribution in [-0.2, 0) is 19.4 Å². The molecule has 0 atom stereocenters. The zero-order chi connectivity index (χ0) is 13.2. The molecule has 2 aromatic heterocycles. The van der Waals surface area contributed by atoms with Crippen LogP contribution in [0.25, 0.3) is 0 Å². The fourth-order valence-electron chi connectivity index (χ4n) is 2.31. The highest BCUT2D eigenvalue weighted by molar-refractivity contribution is 6.02. The fraction of sp³-hybridized carbons (Fsp3) is 0.462. The van der Waals surface area contributed by atoms with E-state index in [0.717, 1.165) is 43.5 Å². The molecule has 1 N–H and O–H groups in total. The van der Waals surface area contributed by atoms with Crippen molar-refractivity contribution in [2.45, 2.75) is 39.2 Å². The molecule has 0 spiro atoms. The van der Waals surface area contributed by atoms with Crippen molar-refractivity contribution in [3.8, 4) is 0 Å². The van der Waals surface area contributed by atoms with Crippen LogP contribution in [0.5, 0.6) is 0 Å². The predicted molar refractivity (Wildman–Crippen MR) is 69.0 cm³/mol. The lowest BCUT2D eigenvalue weighted by molar-refractivity contribution is 0.101. The summed E-state index contributed by atoms with van der Waals surface area (Å²) in [5, 5.41) is 10.9. The lowest BCUT2D eigenvalue weighted by Gasteiger charge is -2.09. The predicted octanol–water partition coefficient (Wildman–Crippen LogP) is 2.02. The van der Waals surface area contributed by atoms with Crippen molar-refractivity contribution in [3.63, 3.8) is 0 Å². The van der Waals surface area contributed by atoms with Crippen molar-refractivity contribution in [2.24, 2.45) is 0 Å². The summed E-state index contributed by atoms with van der Waals surface area (Å²) in [7, 11) is 0. The molecule has 0 radical (unpaired) electrons. The Morgan fingerprint density at radius 3 is 3.11 bits per heavy atom. The second kappa shape index (κ2) is 4.87. The van der Waals surface area contributed by atoms with Gasteiger partial charge in [0.15, 0.2) is 5.69 Å². The molecule has 100 valence electrons. The summed E-state index contributed by atoms with van der Waals surface area (Å²) in [5.41, 5.74) is 2.40. The van der Waals surface area contributed by atoms with E-state index in [2.05, 4.69) is 15.6 Å². The summed E-state index contributed by atoms with van der Waals surface area (Å²) < 4.78 is 6.94. The van der Waals surface area contributed by atoms with Crippen molar-refractivity contribution in [1.29, 1.82) is 0 Å². The Kier molecular flexibility index (Phi) is 3.06. The standard InChI is InChI=1S/C13H16N4O2/c1-2-17-8-7-11(15-17)12(18)14-13-9-5-3-4-6-10(9)16-19-13/h7-8H,2-6H2,1H3,(H,14,18). The van der Waals surface area contributed by atoms with E-state index >= 15 is 0 Å². The zero-order valence-corrected chi connectivity index (χ0v) is 10.8. The van der Waals surface area contributed by atoms with Gasteiger partial charge in [-0.1, -0.05) is 5.16 Å². The van der Waals surface area contributed by atoms with Crippen LogP contribution < -0.4 is 5.32 Å². The number of rotatable bonds is 3. The molecule has 0 unspecified atom stereocenters. The van der Waals surface area contributed by atoms with Gasteiger partial charge in [0.25, 0.3) is 5.91 Å². The SMILES string of the molecule is CCn1ccc(C(=O)Nc2onc3c2CCCC3)n1. The number of nitrogens with one attached hydrogen (secondary N) is 1. The lowest BCUT2D eigenvalue weighted by atomic mass is 9.98. The molecule has 19 heavy (non-hydrogen) atoms. The Balaban J connectivity index is 1.77. The maximum absolute atomic E-state index is 12.1. The third kappa shape index (κ3) is 2.25. The maximum Gasteiger partial charge on any atom is 0.278 e. The Hall–Kier alpha value is -2.11. The summed E-state index contributed by atoms with van der Waals surface area (Å²) in [6, 6.07) is 1.70. The second-order valence-electron chi connectivity index (χ2n) is 4.65. The molecular weight excluding hydrogens is 244 g/mol. The average Bonchev–Trinajstić information content (AvgIpc) is 3.06. The first-order valence-corrected chi connectivity index (χ1v) is 6.60. The summed E-state index contributed by atoms with van der Waals surface area (Å²) >= 11 is 0. The van der Waals surface area contributed by atoms with Crippen LogP contribution in [0.3, 0.4) is 0 Å². The molecule has 2 aromatic rings. The van der Waals surface area contributed by atoms with E-state index in [4.69, 9.17) is 4.52 Å². The third-order valence-electron chi connectivity index (χ3n) is 3.38. The number of hydrogen-bond donors (Lipinski definition) is 1. The summed E-state index contributed by atoms with van der Waals surface area (Å²) in [4.78, 5) is 12.1. The van der Waals surface area contributed by atoms with E-state index in [1.807, 2.05) is 6.92 Å². The van der Waals surface area contributed by atoms with E-state index in [-0.39, 0.29) is 5.91 Å². The molecule has 0 aromatic carbocycles. The third-order valence-corrected chi connectivity index (χ3v) is 3.38. The highest BCUT2D eigenvalue weighted by Gasteiger charge is 2.21. The topological polar surface area (TPSA) is 73.0 Å². The normalized spacial score (nSPS) is 14.2. The van der Waals surface area contributed by atoms with Crippen molar-refractivity contribution >= 4 is 11.8 Å². The summed E-state index contributed by atoms with van der Waals surface area (Å²) in [6.45, 7) is 2.71. The largest absolute Gasteiger partial charge is 0.338 e. The van der Waals surface area contributed by atoms with E-state index in [1.54, 1.807) is 16.9 Å². The van der Waals surface area contributed by atoms with Crippen LogP contribution in [0.1, 0.15) is 41.5 Å². The van der Waals surface area contributed by atoms with E-state index in [9.17, 15) is 4.79 Å². The Morgan fingerprint density at radius 1 is 1.47 bits per heavy atom. The van der Waals surface area contributed by atoms with Gasteiger partial charge in [-0.25, -0.2) is 0 Å². The molecule has 0 saturated carbocycles. The number of fused-ring (bicyclic) bond motifs is 1. The maximum atomic E-state index is 12.1. The van der Waals surface area contributed by atoms with Gasteiger partial charge in [-0.05, 0) is 38.7 Å². The van der Waals surface area contributed by atoms with Crippen molar-refractivity contribution < 1.29 is 9.32 Å². The Morgan fingerprint density at radius 2 is 2.32 bits per heavy atom. The number of anilines is 1. The zero-order valence-electron chi connectivity index (χ0n) is 10.8. The van der Waals surface area contributed by atoms with E-state index < -0.39 is 0 Å². The van der Waals surface area contributed by atoms with Gasteiger partial charge in [-0.2, -0.15) is 5.10 Å². The summed E-state index contributed by atoms with van der Waals surface area (Å²) in [6.07, 6.45) is 5.87. The fourth-order valence-corrected chi connectivity index (χ4v) is 2.31. The highest BCUT2D eigenvalue weighted by Crippen LogP contribution is 2.27. The first-order valence-electron chi connectivity index (χ1n) is 6.60. The molecule has 1 aliphatic rings. The van der Waals surface area contributed by atoms with Crippen LogP contribution in [0.2, 0.25) is 0 Å². The van der Waals surface area contributed by atoms with Gasteiger partial charge in [0.1, 0.15) is 0 Å². The smallest absolute Gasteiger partial charge is 0.278 e. The molecule has 0 fully saturated rings. The second-order valence-corrected chi connectivity index (χ2v) is 4.65. The number of hydrogen-bond acceptors (Lipinski definition) is 4. The number of amides is 1. The molecule has 2 heterocycles. The van der Waals surface area contributed by atoms with Crippen LogP contribution in [0, 0.1) is 0 Å². The molecule has 6 heteroatoms. The minimum absolute atomic E-state index is 0.253. The minimum atomic E-state index is -0.253. The van der Waals surface area contributed by atoms with Gasteiger partial charge < -0.3 is 4.52 Å². The molecule has 6 nitrogen and oxygen atoms in total. The molecule has 1 aliphatic carbocycles. The van der Waals surface area contributed by atoms with Gasteiger partial charge in [0.05, 0.1) is 5.69 Å². The van der Waals surface area contributed by atoms with Crippen LogP contribution in [-0.4, -0.2) is 20.8 Å². The lowest BCUT2D eigenvalue weighted by Crippen LogP contribution is -2.14. The van der Waals surface area contributed by atoms with Crippen molar-refractivity contribution in [3.05, 3.63) is 29.2 Å². The number of nitrogens with zero attached hydrogens (tertiary/aromatic N) is 3. The number of aromatic nitrogens is 3. The number of aryl methyl sites for hydroxylation is 2. The van der Waals surface area contributed by atoms with E-state index in [0.29, 0.717) is 11.6 Å². The summed E-state index contributed by atoms with van der Waals surface area (Å²) in [5.74, 6) is 0.225. The van der Waals surface area contributed by atoms with Crippen LogP contribution >= 0.6 is 0 Å². The van der Waals surface area contributed by atoms with Crippen LogP contribution in [0.4, 0.5) is 5.88 Å².